The second-order valence-electron chi connectivity index (χ2n) is 4.09. The van der Waals surface area contributed by atoms with E-state index in [1.54, 1.807) is 12.1 Å². The molecule has 0 amide bonds. The van der Waals surface area contributed by atoms with Crippen LogP contribution in [0.1, 0.15) is 19.4 Å². The molecule has 0 saturated carbocycles. The third kappa shape index (κ3) is 2.89. The predicted molar refractivity (Wildman–Crippen MR) is 60.0 cm³/mol. The molecule has 2 N–H and O–H groups in total. The van der Waals surface area contributed by atoms with Crippen LogP contribution in [-0.4, -0.2) is 17.7 Å². The van der Waals surface area contributed by atoms with E-state index in [1.807, 2.05) is 13.1 Å². The van der Waals surface area contributed by atoms with Crippen LogP contribution < -0.4 is 5.32 Å². The number of hydrogen-bond donors (Lipinski definition) is 2. The summed E-state index contributed by atoms with van der Waals surface area (Å²) in [6, 6.07) is 5.09. The standard InChI is InChI=1S/C11H16ClNO/c1-11(2,13-3)7-8-4-5-9(14)6-10(8)12/h4-6,13-14H,7H2,1-3H3. The summed E-state index contributed by atoms with van der Waals surface area (Å²) in [6.07, 6.45) is 0.836. The minimum Gasteiger partial charge on any atom is -0.508 e. The first kappa shape index (κ1) is 11.3. The van der Waals surface area contributed by atoms with E-state index < -0.39 is 0 Å². The summed E-state index contributed by atoms with van der Waals surface area (Å²) in [7, 11) is 1.92. The van der Waals surface area contributed by atoms with Crippen molar-refractivity contribution in [3.63, 3.8) is 0 Å². The summed E-state index contributed by atoms with van der Waals surface area (Å²) in [6.45, 7) is 4.21. The van der Waals surface area contributed by atoms with E-state index in [0.29, 0.717) is 5.02 Å². The first-order valence-electron chi connectivity index (χ1n) is 4.61. The van der Waals surface area contributed by atoms with Crippen LogP contribution in [0.4, 0.5) is 0 Å². The Labute approximate surface area is 89.9 Å². The molecule has 0 atom stereocenters. The number of phenolic OH excluding ortho intramolecular Hbond substituents is 1. The molecule has 0 radical (unpaired) electrons. The zero-order valence-electron chi connectivity index (χ0n) is 8.76. The maximum atomic E-state index is 9.19. The van der Waals surface area contributed by atoms with Gasteiger partial charge < -0.3 is 10.4 Å². The number of halogens is 1. The predicted octanol–water partition coefficient (Wildman–Crippen LogP) is 2.59. The van der Waals surface area contributed by atoms with Crippen LogP contribution in [0.25, 0.3) is 0 Å². The fourth-order valence-electron chi connectivity index (χ4n) is 1.24. The molecule has 0 aliphatic heterocycles. The molecule has 0 heterocycles. The molecule has 0 aliphatic carbocycles. The summed E-state index contributed by atoms with van der Waals surface area (Å²) >= 11 is 6.00. The van der Waals surface area contributed by atoms with E-state index in [9.17, 15) is 5.11 Å². The Bertz CT molecular complexity index is 323. The van der Waals surface area contributed by atoms with Gasteiger partial charge in [0.2, 0.25) is 0 Å². The highest BCUT2D eigenvalue weighted by molar-refractivity contribution is 6.31. The van der Waals surface area contributed by atoms with Crippen molar-refractivity contribution in [1.82, 2.24) is 5.32 Å². The van der Waals surface area contributed by atoms with Crippen molar-refractivity contribution in [3.8, 4) is 5.75 Å². The second-order valence-corrected chi connectivity index (χ2v) is 4.49. The smallest absolute Gasteiger partial charge is 0.117 e. The molecule has 2 nitrogen and oxygen atoms in total. The van der Waals surface area contributed by atoms with E-state index in [2.05, 4.69) is 19.2 Å². The van der Waals surface area contributed by atoms with Gasteiger partial charge in [-0.05, 0) is 45.0 Å². The first-order chi connectivity index (χ1) is 6.44. The molecule has 0 saturated heterocycles. The van der Waals surface area contributed by atoms with Gasteiger partial charge in [0.25, 0.3) is 0 Å². The van der Waals surface area contributed by atoms with E-state index in [1.165, 1.54) is 0 Å². The maximum Gasteiger partial charge on any atom is 0.117 e. The Morgan fingerprint density at radius 3 is 2.57 bits per heavy atom. The van der Waals surface area contributed by atoms with E-state index in [0.717, 1.165) is 12.0 Å². The Balaban J connectivity index is 2.87. The summed E-state index contributed by atoms with van der Waals surface area (Å²) in [5, 5.41) is 13.0. The molecule has 0 aliphatic rings. The summed E-state index contributed by atoms with van der Waals surface area (Å²) in [4.78, 5) is 0. The highest BCUT2D eigenvalue weighted by Gasteiger charge is 2.16. The average molecular weight is 214 g/mol. The van der Waals surface area contributed by atoms with Crippen molar-refractivity contribution < 1.29 is 5.11 Å². The lowest BCUT2D eigenvalue weighted by Crippen LogP contribution is -2.38. The van der Waals surface area contributed by atoms with Gasteiger partial charge in [-0.25, -0.2) is 0 Å². The Morgan fingerprint density at radius 1 is 1.43 bits per heavy atom. The molecule has 1 aromatic rings. The van der Waals surface area contributed by atoms with E-state index in [-0.39, 0.29) is 11.3 Å². The zero-order valence-corrected chi connectivity index (χ0v) is 9.52. The van der Waals surface area contributed by atoms with Crippen molar-refractivity contribution in [2.24, 2.45) is 0 Å². The molecule has 3 heteroatoms. The molecule has 1 aromatic carbocycles. The number of rotatable bonds is 3. The largest absolute Gasteiger partial charge is 0.508 e. The number of phenols is 1. The van der Waals surface area contributed by atoms with Gasteiger partial charge >= 0.3 is 0 Å². The molecule has 1 rings (SSSR count). The first-order valence-corrected chi connectivity index (χ1v) is 4.99. The van der Waals surface area contributed by atoms with Gasteiger partial charge in [-0.3, -0.25) is 0 Å². The summed E-state index contributed by atoms with van der Waals surface area (Å²) in [5.74, 6) is 0.209. The lowest BCUT2D eigenvalue weighted by Gasteiger charge is -2.24. The SMILES string of the molecule is CNC(C)(C)Cc1ccc(O)cc1Cl. The van der Waals surface area contributed by atoms with Gasteiger partial charge in [0.15, 0.2) is 0 Å². The number of benzene rings is 1. The average Bonchev–Trinajstić information content (AvgIpc) is 2.10. The van der Waals surface area contributed by atoms with Crippen LogP contribution in [0.5, 0.6) is 5.75 Å². The molecule has 0 spiro atoms. The van der Waals surface area contributed by atoms with Crippen LogP contribution in [0, 0.1) is 0 Å². The lowest BCUT2D eigenvalue weighted by atomic mass is 9.95. The minimum atomic E-state index is 0.0145. The minimum absolute atomic E-state index is 0.0145. The van der Waals surface area contributed by atoms with Gasteiger partial charge in [0, 0.05) is 10.6 Å². The van der Waals surface area contributed by atoms with Crippen molar-refractivity contribution >= 4 is 11.6 Å². The van der Waals surface area contributed by atoms with Gasteiger partial charge in [-0.2, -0.15) is 0 Å². The van der Waals surface area contributed by atoms with E-state index >= 15 is 0 Å². The summed E-state index contributed by atoms with van der Waals surface area (Å²) < 4.78 is 0. The van der Waals surface area contributed by atoms with E-state index in [4.69, 9.17) is 11.6 Å². The summed E-state index contributed by atoms with van der Waals surface area (Å²) in [5.41, 5.74) is 1.06. The fraction of sp³-hybridized carbons (Fsp3) is 0.455. The molecule has 0 unspecified atom stereocenters. The molecule has 78 valence electrons. The topological polar surface area (TPSA) is 32.3 Å². The molecular formula is C11H16ClNO. The zero-order chi connectivity index (χ0) is 10.8. The second kappa shape index (κ2) is 4.20. The third-order valence-electron chi connectivity index (χ3n) is 2.35. The van der Waals surface area contributed by atoms with Gasteiger partial charge in [-0.15, -0.1) is 0 Å². The monoisotopic (exact) mass is 213 g/mol. The number of aromatic hydroxyl groups is 1. The number of likely N-dealkylation sites (N-methyl/N-ethyl adjacent to an activating group) is 1. The maximum absolute atomic E-state index is 9.19. The highest BCUT2D eigenvalue weighted by Crippen LogP contribution is 2.24. The molecular weight excluding hydrogens is 198 g/mol. The van der Waals surface area contributed by atoms with Crippen LogP contribution >= 0.6 is 11.6 Å². The fourth-order valence-corrected chi connectivity index (χ4v) is 1.49. The quantitative estimate of drug-likeness (QED) is 0.809. The van der Waals surface area contributed by atoms with Gasteiger partial charge in [0.1, 0.15) is 5.75 Å². The van der Waals surface area contributed by atoms with Gasteiger partial charge in [0.05, 0.1) is 0 Å². The normalized spacial score (nSPS) is 11.7. The van der Waals surface area contributed by atoms with Crippen molar-refractivity contribution in [3.05, 3.63) is 28.8 Å². The van der Waals surface area contributed by atoms with Crippen LogP contribution in [-0.2, 0) is 6.42 Å². The molecule has 0 fully saturated rings. The van der Waals surface area contributed by atoms with Crippen molar-refractivity contribution in [2.45, 2.75) is 25.8 Å². The lowest BCUT2D eigenvalue weighted by molar-refractivity contribution is 0.421. The Kier molecular flexibility index (Phi) is 3.40. The number of nitrogens with one attached hydrogen (secondary N) is 1. The molecule has 0 aromatic heterocycles. The Hall–Kier alpha value is -0.730. The Morgan fingerprint density at radius 2 is 2.07 bits per heavy atom. The van der Waals surface area contributed by atoms with Crippen LogP contribution in [0.2, 0.25) is 5.02 Å². The van der Waals surface area contributed by atoms with Crippen LogP contribution in [0.3, 0.4) is 0 Å². The van der Waals surface area contributed by atoms with Crippen molar-refractivity contribution in [2.75, 3.05) is 7.05 Å². The molecule has 14 heavy (non-hydrogen) atoms. The molecule has 0 bridgehead atoms. The number of hydrogen-bond acceptors (Lipinski definition) is 2. The highest BCUT2D eigenvalue weighted by atomic mass is 35.5. The van der Waals surface area contributed by atoms with Crippen LogP contribution in [0.15, 0.2) is 18.2 Å². The van der Waals surface area contributed by atoms with Crippen molar-refractivity contribution in [1.29, 1.82) is 0 Å². The van der Waals surface area contributed by atoms with Gasteiger partial charge in [-0.1, -0.05) is 17.7 Å². The third-order valence-corrected chi connectivity index (χ3v) is 2.70.